The van der Waals surface area contributed by atoms with Gasteiger partial charge in [0.15, 0.2) is 17.3 Å². The first-order chi connectivity index (χ1) is 18.3. The lowest BCUT2D eigenvalue weighted by Gasteiger charge is -2.18. The van der Waals surface area contributed by atoms with E-state index in [4.69, 9.17) is 18.7 Å². The van der Waals surface area contributed by atoms with Crippen molar-refractivity contribution in [1.82, 2.24) is 15.8 Å². The molecule has 1 aliphatic rings. The summed E-state index contributed by atoms with van der Waals surface area (Å²) in [4.78, 5) is 12.2. The predicted molar refractivity (Wildman–Crippen MR) is 130 cm³/mol. The van der Waals surface area contributed by atoms with Gasteiger partial charge in [0.25, 0.3) is 0 Å². The number of benzene rings is 3. The van der Waals surface area contributed by atoms with E-state index in [1.165, 1.54) is 12.1 Å². The van der Waals surface area contributed by atoms with Crippen molar-refractivity contribution in [2.24, 2.45) is 0 Å². The van der Waals surface area contributed by atoms with Crippen molar-refractivity contribution in [3.63, 3.8) is 0 Å². The van der Waals surface area contributed by atoms with Crippen LogP contribution >= 0.6 is 0 Å². The van der Waals surface area contributed by atoms with Crippen LogP contribution in [-0.2, 0) is 19.3 Å². The molecular formula is C27H22F3N3O5. The number of rotatable bonds is 7. The van der Waals surface area contributed by atoms with E-state index in [1.807, 2.05) is 18.2 Å². The maximum Gasteiger partial charge on any atom is 0.416 e. The summed E-state index contributed by atoms with van der Waals surface area (Å²) in [7, 11) is 0. The van der Waals surface area contributed by atoms with Crippen LogP contribution in [0.15, 0.2) is 77.3 Å². The van der Waals surface area contributed by atoms with Gasteiger partial charge < -0.3 is 29.4 Å². The number of aromatic nitrogens is 1. The van der Waals surface area contributed by atoms with Crippen molar-refractivity contribution in [3.05, 3.63) is 89.6 Å². The zero-order valence-corrected chi connectivity index (χ0v) is 19.9. The molecule has 11 heteroatoms. The van der Waals surface area contributed by atoms with Crippen molar-refractivity contribution in [2.75, 3.05) is 13.2 Å². The van der Waals surface area contributed by atoms with E-state index in [0.717, 1.165) is 23.3 Å². The molecule has 0 saturated carbocycles. The summed E-state index contributed by atoms with van der Waals surface area (Å²) < 4.78 is 60.1. The molecule has 2 N–H and O–H groups in total. The second kappa shape index (κ2) is 10.8. The zero-order chi connectivity index (χ0) is 26.5. The van der Waals surface area contributed by atoms with Gasteiger partial charge in [-0.1, -0.05) is 17.3 Å². The third-order valence-corrected chi connectivity index (χ3v) is 5.61. The lowest BCUT2D eigenvalue weighted by atomic mass is 10.1. The molecule has 0 atom stereocenters. The monoisotopic (exact) mass is 525 g/mol. The summed E-state index contributed by atoms with van der Waals surface area (Å²) in [6.07, 6.45) is -4.40. The van der Waals surface area contributed by atoms with Crippen molar-refractivity contribution in [1.29, 1.82) is 0 Å². The quantitative estimate of drug-likeness (QED) is 0.311. The number of fused-ring (bicyclic) bond motifs is 1. The average Bonchev–Trinajstić information content (AvgIpc) is 3.40. The van der Waals surface area contributed by atoms with Crippen molar-refractivity contribution < 1.29 is 36.7 Å². The molecule has 0 saturated heterocycles. The van der Waals surface area contributed by atoms with Crippen molar-refractivity contribution >= 4 is 6.03 Å². The summed E-state index contributed by atoms with van der Waals surface area (Å²) in [6, 6.07) is 18.1. The minimum Gasteiger partial charge on any atom is -0.486 e. The first-order valence-corrected chi connectivity index (χ1v) is 11.6. The molecule has 1 aliphatic heterocycles. The molecule has 5 rings (SSSR count). The van der Waals surface area contributed by atoms with Crippen molar-refractivity contribution in [3.8, 4) is 34.3 Å². The fraction of sp³-hybridized carbons (Fsp3) is 0.185. The third-order valence-electron chi connectivity index (χ3n) is 5.61. The number of urea groups is 1. The van der Waals surface area contributed by atoms with E-state index >= 15 is 0 Å². The fourth-order valence-corrected chi connectivity index (χ4v) is 3.67. The molecule has 4 aromatic rings. The summed E-state index contributed by atoms with van der Waals surface area (Å²) in [6.45, 7) is 1.42. The number of hydrogen-bond donors (Lipinski definition) is 2. The fourth-order valence-electron chi connectivity index (χ4n) is 3.67. The zero-order valence-electron chi connectivity index (χ0n) is 19.9. The third kappa shape index (κ3) is 6.17. The second-order valence-corrected chi connectivity index (χ2v) is 8.35. The van der Waals surface area contributed by atoms with Gasteiger partial charge in [0.1, 0.15) is 30.4 Å². The van der Waals surface area contributed by atoms with Gasteiger partial charge >= 0.3 is 12.2 Å². The SMILES string of the molecule is O=C(NCc1ccc(Oc2ccc(C(F)(F)F)cc2)cc1)NCc1cc(-c2ccc3c(c2)OCCO3)on1. The molecule has 3 aromatic carbocycles. The molecule has 8 nitrogen and oxygen atoms in total. The van der Waals surface area contributed by atoms with E-state index in [1.54, 1.807) is 30.3 Å². The minimum atomic E-state index is -4.40. The summed E-state index contributed by atoms with van der Waals surface area (Å²) in [5, 5.41) is 9.46. The minimum absolute atomic E-state index is 0.166. The van der Waals surface area contributed by atoms with Gasteiger partial charge in [-0.25, -0.2) is 4.79 Å². The Labute approximate surface area is 215 Å². The number of carbonyl (C=O) groups excluding carboxylic acids is 1. The highest BCUT2D eigenvalue weighted by Crippen LogP contribution is 2.35. The van der Waals surface area contributed by atoms with Gasteiger partial charge in [-0.05, 0) is 60.2 Å². The van der Waals surface area contributed by atoms with Gasteiger partial charge in [0.05, 0.1) is 12.1 Å². The lowest BCUT2D eigenvalue weighted by molar-refractivity contribution is -0.137. The largest absolute Gasteiger partial charge is 0.486 e. The maximum atomic E-state index is 12.7. The first-order valence-electron chi connectivity index (χ1n) is 11.6. The van der Waals surface area contributed by atoms with Gasteiger partial charge in [0, 0.05) is 18.2 Å². The topological polar surface area (TPSA) is 94.9 Å². The van der Waals surface area contributed by atoms with Crippen LogP contribution in [0.5, 0.6) is 23.0 Å². The van der Waals surface area contributed by atoms with Gasteiger partial charge in [-0.15, -0.1) is 0 Å². The normalized spacial score (nSPS) is 12.6. The summed E-state index contributed by atoms with van der Waals surface area (Å²) in [5.41, 5.74) is 1.40. The van der Waals surface area contributed by atoms with Crippen LogP contribution in [0.3, 0.4) is 0 Å². The molecule has 0 spiro atoms. The maximum absolute atomic E-state index is 12.7. The number of alkyl halides is 3. The Hall–Kier alpha value is -4.67. The van der Waals surface area contributed by atoms with Crippen LogP contribution in [0.25, 0.3) is 11.3 Å². The van der Waals surface area contributed by atoms with E-state index in [0.29, 0.717) is 41.9 Å². The predicted octanol–water partition coefficient (Wildman–Crippen LogP) is 5.92. The van der Waals surface area contributed by atoms with Gasteiger partial charge in [0.2, 0.25) is 0 Å². The molecule has 0 aliphatic carbocycles. The van der Waals surface area contributed by atoms with E-state index in [2.05, 4.69) is 15.8 Å². The number of nitrogens with one attached hydrogen (secondary N) is 2. The van der Waals surface area contributed by atoms with E-state index in [-0.39, 0.29) is 24.9 Å². The Morgan fingerprint density at radius 2 is 1.50 bits per heavy atom. The Kier molecular flexibility index (Phi) is 7.07. The number of halogens is 3. The number of nitrogens with zero attached hydrogens (tertiary/aromatic N) is 1. The van der Waals surface area contributed by atoms with Crippen LogP contribution in [0.1, 0.15) is 16.8 Å². The Balaban J connectivity index is 1.08. The number of amides is 2. The Morgan fingerprint density at radius 1 is 0.842 bits per heavy atom. The number of ether oxygens (including phenoxy) is 3. The van der Waals surface area contributed by atoms with Crippen LogP contribution in [0, 0.1) is 0 Å². The molecular weight excluding hydrogens is 503 g/mol. The highest BCUT2D eigenvalue weighted by Gasteiger charge is 2.30. The van der Waals surface area contributed by atoms with Crippen LogP contribution in [0.2, 0.25) is 0 Å². The Morgan fingerprint density at radius 3 is 2.21 bits per heavy atom. The number of hydrogen-bond acceptors (Lipinski definition) is 6. The first kappa shape index (κ1) is 25.0. The highest BCUT2D eigenvalue weighted by molar-refractivity contribution is 5.73. The van der Waals surface area contributed by atoms with Crippen molar-refractivity contribution in [2.45, 2.75) is 19.3 Å². The van der Waals surface area contributed by atoms with Gasteiger partial charge in [-0.3, -0.25) is 0 Å². The van der Waals surface area contributed by atoms with Crippen LogP contribution in [0.4, 0.5) is 18.0 Å². The van der Waals surface area contributed by atoms with E-state index < -0.39 is 11.7 Å². The molecule has 196 valence electrons. The summed E-state index contributed by atoms with van der Waals surface area (Å²) >= 11 is 0. The molecule has 0 unspecified atom stereocenters. The highest BCUT2D eigenvalue weighted by atomic mass is 19.4. The second-order valence-electron chi connectivity index (χ2n) is 8.35. The smallest absolute Gasteiger partial charge is 0.416 e. The van der Waals surface area contributed by atoms with Crippen LogP contribution < -0.4 is 24.8 Å². The van der Waals surface area contributed by atoms with Gasteiger partial charge in [-0.2, -0.15) is 13.2 Å². The molecule has 0 fully saturated rings. The molecule has 0 radical (unpaired) electrons. The molecule has 0 bridgehead atoms. The van der Waals surface area contributed by atoms with E-state index in [9.17, 15) is 18.0 Å². The Bertz CT molecular complexity index is 1400. The molecule has 2 amide bonds. The average molecular weight is 525 g/mol. The standard InChI is InChI=1S/C27H22F3N3O5/c28-27(29,30)19-4-8-22(9-5-19)37-21-6-1-17(2-7-21)15-31-26(34)32-16-20-14-24(38-33-20)18-3-10-23-25(13-18)36-12-11-35-23/h1-10,13-14H,11-12,15-16H2,(H2,31,32,34). The summed E-state index contributed by atoms with van der Waals surface area (Å²) in [5.74, 6) is 2.60. The van der Waals surface area contributed by atoms with Crippen LogP contribution in [-0.4, -0.2) is 24.4 Å². The number of carbonyl (C=O) groups is 1. The molecule has 1 aromatic heterocycles. The lowest BCUT2D eigenvalue weighted by Crippen LogP contribution is -2.34. The molecule has 38 heavy (non-hydrogen) atoms. The molecule has 2 heterocycles.